The summed E-state index contributed by atoms with van der Waals surface area (Å²) in [6, 6.07) is 16.7. The van der Waals surface area contributed by atoms with E-state index in [4.69, 9.17) is 19.2 Å². The van der Waals surface area contributed by atoms with E-state index in [-0.39, 0.29) is 18.4 Å². The molecule has 0 bridgehead atoms. The topological polar surface area (TPSA) is 89.5 Å². The molecule has 0 aliphatic carbocycles. The lowest BCUT2D eigenvalue weighted by Gasteiger charge is -2.36. The van der Waals surface area contributed by atoms with Crippen LogP contribution in [0.4, 0.5) is 0 Å². The van der Waals surface area contributed by atoms with Gasteiger partial charge in [0.2, 0.25) is 5.91 Å². The van der Waals surface area contributed by atoms with Gasteiger partial charge in [-0.15, -0.1) is 0 Å². The number of nitrogens with one attached hydrogen (secondary N) is 1. The lowest BCUT2D eigenvalue weighted by atomic mass is 9.92. The van der Waals surface area contributed by atoms with Crippen molar-refractivity contribution in [1.29, 1.82) is 0 Å². The summed E-state index contributed by atoms with van der Waals surface area (Å²) < 4.78 is 16.9. The van der Waals surface area contributed by atoms with Gasteiger partial charge < -0.3 is 24.4 Å². The third-order valence-corrected chi connectivity index (χ3v) is 7.56. The maximum Gasteiger partial charge on any atom is 0.338 e. The Bertz CT molecular complexity index is 1280. The molecular formula is C29H31N3O5S. The summed E-state index contributed by atoms with van der Waals surface area (Å²) >= 11 is 1.46. The van der Waals surface area contributed by atoms with E-state index in [9.17, 15) is 9.59 Å². The van der Waals surface area contributed by atoms with E-state index >= 15 is 0 Å². The Labute approximate surface area is 226 Å². The van der Waals surface area contributed by atoms with Crippen LogP contribution in [0.15, 0.2) is 82.0 Å². The number of fused-ring (bicyclic) bond motifs is 1. The van der Waals surface area contributed by atoms with E-state index < -0.39 is 12.0 Å². The molecule has 3 heterocycles. The highest BCUT2D eigenvalue weighted by Crippen LogP contribution is 2.46. The molecule has 198 valence electrons. The Morgan fingerprint density at radius 1 is 1.16 bits per heavy atom. The number of ether oxygens (including phenoxy) is 3. The van der Waals surface area contributed by atoms with Crippen LogP contribution in [0, 0.1) is 0 Å². The van der Waals surface area contributed by atoms with Gasteiger partial charge in [0.1, 0.15) is 11.5 Å². The third-order valence-electron chi connectivity index (χ3n) is 6.67. The Morgan fingerprint density at radius 3 is 2.71 bits per heavy atom. The highest BCUT2D eigenvalue weighted by molar-refractivity contribution is 8.16. The van der Waals surface area contributed by atoms with Gasteiger partial charge in [-0.25, -0.2) is 9.79 Å². The van der Waals surface area contributed by atoms with Gasteiger partial charge in [0.05, 0.1) is 36.9 Å². The van der Waals surface area contributed by atoms with Gasteiger partial charge >= 0.3 is 5.97 Å². The third kappa shape index (κ3) is 5.63. The van der Waals surface area contributed by atoms with Crippen molar-refractivity contribution in [3.8, 4) is 11.5 Å². The van der Waals surface area contributed by atoms with Crippen molar-refractivity contribution in [1.82, 2.24) is 10.2 Å². The fourth-order valence-electron chi connectivity index (χ4n) is 4.86. The van der Waals surface area contributed by atoms with Crippen LogP contribution in [0.5, 0.6) is 11.5 Å². The van der Waals surface area contributed by atoms with Crippen LogP contribution < -0.4 is 10.1 Å². The minimum Gasteiger partial charge on any atom is -0.466 e. The van der Waals surface area contributed by atoms with Crippen LogP contribution in [-0.4, -0.2) is 48.3 Å². The second kappa shape index (κ2) is 11.9. The number of methoxy groups -OCH3 is 1. The van der Waals surface area contributed by atoms with Gasteiger partial charge in [0.25, 0.3) is 0 Å². The predicted molar refractivity (Wildman–Crippen MR) is 147 cm³/mol. The molecule has 0 unspecified atom stereocenters. The van der Waals surface area contributed by atoms with E-state index in [1.54, 1.807) is 0 Å². The Morgan fingerprint density at radius 2 is 1.97 bits per heavy atom. The summed E-state index contributed by atoms with van der Waals surface area (Å²) in [6.07, 6.45) is 2.77. The average molecular weight is 534 g/mol. The summed E-state index contributed by atoms with van der Waals surface area (Å²) in [4.78, 5) is 32.8. The maximum absolute atomic E-state index is 13.1. The highest BCUT2D eigenvalue weighted by Gasteiger charge is 2.41. The number of carbonyl (C=O) groups excluding carboxylic acids is 2. The number of amides is 1. The monoisotopic (exact) mass is 533 g/mol. The number of benzene rings is 2. The quantitative estimate of drug-likeness (QED) is 0.438. The second-order valence-electron chi connectivity index (χ2n) is 9.20. The second-order valence-corrected chi connectivity index (χ2v) is 10.0. The molecule has 3 aliphatic heterocycles. The van der Waals surface area contributed by atoms with Crippen molar-refractivity contribution in [2.24, 2.45) is 4.99 Å². The van der Waals surface area contributed by atoms with Crippen molar-refractivity contribution < 1.29 is 23.8 Å². The van der Waals surface area contributed by atoms with Crippen molar-refractivity contribution in [3.63, 3.8) is 0 Å². The van der Waals surface area contributed by atoms with Crippen LogP contribution in [0.1, 0.15) is 44.2 Å². The molecule has 0 saturated carbocycles. The van der Waals surface area contributed by atoms with Gasteiger partial charge in [0.15, 0.2) is 5.17 Å². The molecule has 9 heteroatoms. The van der Waals surface area contributed by atoms with Crippen LogP contribution in [0.25, 0.3) is 0 Å². The number of aliphatic imine (C=N–C) groups is 1. The first kappa shape index (κ1) is 26.1. The molecule has 0 spiro atoms. The summed E-state index contributed by atoms with van der Waals surface area (Å²) in [6.45, 7) is 3.21. The first-order valence-electron chi connectivity index (χ1n) is 12.8. The van der Waals surface area contributed by atoms with Gasteiger partial charge in [-0.05, 0) is 54.5 Å². The van der Waals surface area contributed by atoms with E-state index in [2.05, 4.69) is 5.32 Å². The van der Waals surface area contributed by atoms with Crippen LogP contribution in [-0.2, 0) is 19.1 Å². The Hall–Kier alpha value is -3.56. The number of para-hydroxylation sites is 1. The van der Waals surface area contributed by atoms with Gasteiger partial charge in [-0.1, -0.05) is 49.0 Å². The molecular weight excluding hydrogens is 502 g/mol. The lowest BCUT2D eigenvalue weighted by Crippen LogP contribution is -2.39. The minimum atomic E-state index is -0.517. The van der Waals surface area contributed by atoms with Gasteiger partial charge in [-0.2, -0.15) is 0 Å². The number of esters is 1. The number of rotatable bonds is 9. The normalized spacial score (nSPS) is 20.5. The Kier molecular flexibility index (Phi) is 8.14. The molecule has 1 N–H and O–H groups in total. The number of allylic oxidation sites excluding steroid dienone is 1. The number of carbonyl (C=O) groups is 2. The molecule has 2 atom stereocenters. The number of hydrogen-bond donors (Lipinski definition) is 1. The van der Waals surface area contributed by atoms with Crippen LogP contribution in [0.2, 0.25) is 0 Å². The molecule has 5 rings (SSSR count). The number of nitrogens with zero attached hydrogens (tertiary/aromatic N) is 2. The fraction of sp³-hybridized carbons (Fsp3) is 0.345. The first-order valence-corrected chi connectivity index (χ1v) is 13.7. The summed E-state index contributed by atoms with van der Waals surface area (Å²) in [5, 5.41) is 5.67. The van der Waals surface area contributed by atoms with Crippen molar-refractivity contribution in [2.75, 3.05) is 20.3 Å². The summed E-state index contributed by atoms with van der Waals surface area (Å²) in [5.74, 6) is 0.821. The molecule has 2 aromatic carbocycles. The zero-order valence-electron chi connectivity index (χ0n) is 21.5. The van der Waals surface area contributed by atoms with Crippen molar-refractivity contribution >= 4 is 28.8 Å². The summed E-state index contributed by atoms with van der Waals surface area (Å²) in [5.41, 5.74) is 2.75. The SMILES string of the molecule is CCC1=C(C(=O)OC)[C@H](c2cccc(Oc3ccccc3)c2)N2C(CC(=O)NC[C@@H]3CCCO3)=CSC2=N1. The lowest BCUT2D eigenvalue weighted by molar-refractivity contribution is -0.136. The molecule has 1 saturated heterocycles. The van der Waals surface area contributed by atoms with E-state index in [0.29, 0.717) is 35.7 Å². The zero-order valence-corrected chi connectivity index (χ0v) is 22.3. The maximum atomic E-state index is 13.1. The molecule has 3 aliphatic rings. The van der Waals surface area contributed by atoms with Crippen molar-refractivity contribution in [3.05, 3.63) is 82.5 Å². The first-order chi connectivity index (χ1) is 18.6. The molecule has 1 amide bonds. The molecule has 8 nitrogen and oxygen atoms in total. The molecule has 0 aromatic heterocycles. The molecule has 38 heavy (non-hydrogen) atoms. The highest BCUT2D eigenvalue weighted by atomic mass is 32.2. The van der Waals surface area contributed by atoms with E-state index in [1.807, 2.05) is 71.8 Å². The molecule has 1 fully saturated rings. The predicted octanol–water partition coefficient (Wildman–Crippen LogP) is 5.30. The smallest absolute Gasteiger partial charge is 0.338 e. The van der Waals surface area contributed by atoms with Crippen LogP contribution in [0.3, 0.4) is 0 Å². The Balaban J connectivity index is 1.45. The zero-order chi connectivity index (χ0) is 26.5. The van der Waals surface area contributed by atoms with Gasteiger partial charge in [0, 0.05) is 18.8 Å². The largest absolute Gasteiger partial charge is 0.466 e. The number of hydrogen-bond acceptors (Lipinski definition) is 8. The van der Waals surface area contributed by atoms with Crippen molar-refractivity contribution in [2.45, 2.75) is 44.8 Å². The van der Waals surface area contributed by atoms with Gasteiger partial charge in [-0.3, -0.25) is 4.79 Å². The van der Waals surface area contributed by atoms with E-state index in [0.717, 1.165) is 35.9 Å². The average Bonchev–Trinajstić information content (AvgIpc) is 3.61. The molecule has 0 radical (unpaired) electrons. The van der Waals surface area contributed by atoms with E-state index in [1.165, 1.54) is 18.9 Å². The standard InChI is InChI=1S/C29H31N3O5S/c1-3-24-26(28(34)35-2)27(19-9-7-12-22(15-19)37-21-10-5-4-6-11-21)32-20(18-38-29(32)31-24)16-25(33)30-17-23-13-8-14-36-23/h4-7,9-12,15,18,23,27H,3,8,13-14,16-17H2,1-2H3,(H,30,33)/t23-,27-/m0/s1. The number of amidine groups is 1. The number of thioether (sulfide) groups is 1. The minimum absolute atomic E-state index is 0.0686. The summed E-state index contributed by atoms with van der Waals surface area (Å²) in [7, 11) is 1.38. The fourth-order valence-corrected chi connectivity index (χ4v) is 5.80. The molecule has 2 aromatic rings. The van der Waals surface area contributed by atoms with Crippen LogP contribution >= 0.6 is 11.8 Å².